The monoisotopic (exact) mass is 469 g/mol. The predicted molar refractivity (Wildman–Crippen MR) is 122 cm³/mol. The zero-order chi connectivity index (χ0) is 23.8. The van der Waals surface area contributed by atoms with Gasteiger partial charge in [-0.15, -0.1) is 0 Å². The van der Waals surface area contributed by atoms with Gasteiger partial charge in [0.2, 0.25) is 0 Å². The van der Waals surface area contributed by atoms with Crippen LogP contribution in [0.2, 0.25) is 0 Å². The molecule has 0 bridgehead atoms. The highest BCUT2D eigenvalue weighted by Crippen LogP contribution is 2.23. The average Bonchev–Trinajstić information content (AvgIpc) is 2.83. The van der Waals surface area contributed by atoms with Crippen molar-refractivity contribution in [2.45, 2.75) is 11.8 Å². The number of rotatable bonds is 10. The molecule has 0 amide bonds. The molecule has 9 heteroatoms. The number of nitrogens with one attached hydrogen (secondary N) is 1. The summed E-state index contributed by atoms with van der Waals surface area (Å²) in [4.78, 5) is 25.0. The van der Waals surface area contributed by atoms with Crippen molar-refractivity contribution in [2.75, 3.05) is 25.0 Å². The fourth-order valence-electron chi connectivity index (χ4n) is 2.92. The minimum absolute atomic E-state index is 0.00215. The SMILES string of the molecule is CCOc1ccc(S(=O)(=O)Nc2ccccc2C(=O)OCC(=O)c2cccc(OC)c2)cc1. The van der Waals surface area contributed by atoms with E-state index in [0.29, 0.717) is 23.7 Å². The molecule has 0 aromatic heterocycles. The Morgan fingerprint density at radius 2 is 1.64 bits per heavy atom. The van der Waals surface area contributed by atoms with Crippen molar-refractivity contribution < 1.29 is 32.2 Å². The second-order valence-electron chi connectivity index (χ2n) is 6.79. The van der Waals surface area contributed by atoms with Crippen LogP contribution in [0.15, 0.2) is 77.7 Å². The first kappa shape index (κ1) is 23.8. The highest BCUT2D eigenvalue weighted by atomic mass is 32.2. The Hall–Kier alpha value is -3.85. The predicted octanol–water partition coefficient (Wildman–Crippen LogP) is 3.93. The molecule has 3 aromatic carbocycles. The third-order valence-electron chi connectivity index (χ3n) is 4.56. The molecule has 0 aliphatic carbocycles. The molecule has 1 N–H and O–H groups in total. The van der Waals surface area contributed by atoms with Gasteiger partial charge in [-0.1, -0.05) is 24.3 Å². The first-order chi connectivity index (χ1) is 15.8. The highest BCUT2D eigenvalue weighted by molar-refractivity contribution is 7.92. The van der Waals surface area contributed by atoms with E-state index >= 15 is 0 Å². The Balaban J connectivity index is 1.72. The van der Waals surface area contributed by atoms with E-state index in [1.165, 1.54) is 37.4 Å². The van der Waals surface area contributed by atoms with Crippen LogP contribution in [0, 0.1) is 0 Å². The van der Waals surface area contributed by atoms with Crippen LogP contribution < -0.4 is 14.2 Å². The molecule has 3 aromatic rings. The number of methoxy groups -OCH3 is 1. The van der Waals surface area contributed by atoms with E-state index in [4.69, 9.17) is 14.2 Å². The first-order valence-electron chi connectivity index (χ1n) is 10.0. The summed E-state index contributed by atoms with van der Waals surface area (Å²) in [6, 6.07) is 18.3. The van der Waals surface area contributed by atoms with Crippen LogP contribution in [0.25, 0.3) is 0 Å². The van der Waals surface area contributed by atoms with Gasteiger partial charge in [-0.05, 0) is 55.5 Å². The number of Topliss-reactive ketones (excluding diaryl/α,β-unsaturated/α-hetero) is 1. The maximum absolute atomic E-state index is 12.8. The van der Waals surface area contributed by atoms with Gasteiger partial charge in [-0.25, -0.2) is 13.2 Å². The molecule has 172 valence electrons. The molecule has 8 nitrogen and oxygen atoms in total. The molecule has 0 spiro atoms. The maximum Gasteiger partial charge on any atom is 0.340 e. The van der Waals surface area contributed by atoms with E-state index < -0.39 is 28.4 Å². The highest BCUT2D eigenvalue weighted by Gasteiger charge is 2.20. The Bertz CT molecular complexity index is 1240. The first-order valence-corrected chi connectivity index (χ1v) is 11.5. The summed E-state index contributed by atoms with van der Waals surface area (Å²) in [7, 11) is -2.50. The second-order valence-corrected chi connectivity index (χ2v) is 8.47. The second kappa shape index (κ2) is 10.6. The zero-order valence-electron chi connectivity index (χ0n) is 18.1. The molecule has 0 saturated heterocycles. The third kappa shape index (κ3) is 6.11. The smallest absolute Gasteiger partial charge is 0.340 e. The lowest BCUT2D eigenvalue weighted by atomic mass is 10.1. The largest absolute Gasteiger partial charge is 0.497 e. The van der Waals surface area contributed by atoms with E-state index in [2.05, 4.69) is 4.72 Å². The van der Waals surface area contributed by atoms with E-state index in [-0.39, 0.29) is 16.1 Å². The van der Waals surface area contributed by atoms with Crippen molar-refractivity contribution in [1.29, 1.82) is 0 Å². The lowest BCUT2D eigenvalue weighted by Crippen LogP contribution is -2.18. The molecule has 0 unspecified atom stereocenters. The Labute approximate surface area is 192 Å². The van der Waals surface area contributed by atoms with Gasteiger partial charge >= 0.3 is 5.97 Å². The standard InChI is InChI=1S/C24H23NO7S/c1-3-31-18-11-13-20(14-12-18)33(28,29)25-22-10-5-4-9-21(22)24(27)32-16-23(26)17-7-6-8-19(15-17)30-2/h4-15,25H,3,16H2,1-2H3. The number of carbonyl (C=O) groups excluding carboxylic acids is 2. The van der Waals surface area contributed by atoms with Crippen LogP contribution >= 0.6 is 0 Å². The number of carbonyl (C=O) groups is 2. The van der Waals surface area contributed by atoms with Crippen LogP contribution in [0.3, 0.4) is 0 Å². The number of para-hydroxylation sites is 1. The van der Waals surface area contributed by atoms with Gasteiger partial charge in [0, 0.05) is 5.56 Å². The minimum atomic E-state index is -3.98. The fourth-order valence-corrected chi connectivity index (χ4v) is 4.00. The molecule has 0 saturated carbocycles. The number of anilines is 1. The molecule has 0 aliphatic rings. The lowest BCUT2D eigenvalue weighted by molar-refractivity contribution is 0.0476. The number of ether oxygens (including phenoxy) is 3. The molecule has 0 fully saturated rings. The van der Waals surface area contributed by atoms with Crippen LogP contribution in [-0.4, -0.2) is 40.5 Å². The molecule has 0 radical (unpaired) electrons. The maximum atomic E-state index is 12.8. The number of ketones is 1. The van der Waals surface area contributed by atoms with Gasteiger partial charge in [0.1, 0.15) is 11.5 Å². The van der Waals surface area contributed by atoms with Crippen molar-refractivity contribution in [3.8, 4) is 11.5 Å². The Morgan fingerprint density at radius 3 is 2.33 bits per heavy atom. The molecule has 0 aliphatic heterocycles. The van der Waals surface area contributed by atoms with Crippen molar-refractivity contribution in [3.63, 3.8) is 0 Å². The summed E-state index contributed by atoms with van der Waals surface area (Å²) in [5.41, 5.74) is 0.335. The van der Waals surface area contributed by atoms with Crippen molar-refractivity contribution in [3.05, 3.63) is 83.9 Å². The lowest BCUT2D eigenvalue weighted by Gasteiger charge is -2.13. The Kier molecular flexibility index (Phi) is 7.68. The number of hydrogen-bond acceptors (Lipinski definition) is 7. The fraction of sp³-hybridized carbons (Fsp3) is 0.167. The average molecular weight is 470 g/mol. The molecule has 33 heavy (non-hydrogen) atoms. The molecular weight excluding hydrogens is 446 g/mol. The van der Waals surface area contributed by atoms with Gasteiger partial charge in [-0.2, -0.15) is 0 Å². The summed E-state index contributed by atoms with van der Waals surface area (Å²) in [6.07, 6.45) is 0. The van der Waals surface area contributed by atoms with Crippen LogP contribution in [0.5, 0.6) is 11.5 Å². The van der Waals surface area contributed by atoms with Crippen LogP contribution in [0.4, 0.5) is 5.69 Å². The topological polar surface area (TPSA) is 108 Å². The summed E-state index contributed by atoms with van der Waals surface area (Å²) in [5, 5.41) is 0. The van der Waals surface area contributed by atoms with E-state index in [9.17, 15) is 18.0 Å². The van der Waals surface area contributed by atoms with Crippen molar-refractivity contribution >= 4 is 27.5 Å². The molecular formula is C24H23NO7S. The van der Waals surface area contributed by atoms with Gasteiger partial charge in [0.15, 0.2) is 12.4 Å². The summed E-state index contributed by atoms with van der Waals surface area (Å²) in [6.45, 7) is 1.78. The van der Waals surface area contributed by atoms with E-state index in [0.717, 1.165) is 0 Å². The number of sulfonamides is 1. The zero-order valence-corrected chi connectivity index (χ0v) is 18.9. The van der Waals surface area contributed by atoms with Gasteiger partial charge in [0.25, 0.3) is 10.0 Å². The number of hydrogen-bond donors (Lipinski definition) is 1. The van der Waals surface area contributed by atoms with Crippen LogP contribution in [0.1, 0.15) is 27.6 Å². The summed E-state index contributed by atoms with van der Waals surface area (Å²) < 4.78 is 43.5. The van der Waals surface area contributed by atoms with E-state index in [1.54, 1.807) is 42.5 Å². The minimum Gasteiger partial charge on any atom is -0.497 e. The summed E-state index contributed by atoms with van der Waals surface area (Å²) >= 11 is 0. The quantitative estimate of drug-likeness (QED) is 0.354. The number of esters is 1. The van der Waals surface area contributed by atoms with Gasteiger partial charge in [0.05, 0.1) is 29.9 Å². The molecule has 0 atom stereocenters. The van der Waals surface area contributed by atoms with Crippen LogP contribution in [-0.2, 0) is 14.8 Å². The molecule has 0 heterocycles. The van der Waals surface area contributed by atoms with Crippen molar-refractivity contribution in [2.24, 2.45) is 0 Å². The van der Waals surface area contributed by atoms with Gasteiger partial charge in [-0.3, -0.25) is 9.52 Å². The summed E-state index contributed by atoms with van der Waals surface area (Å²) in [5.74, 6) is -0.215. The third-order valence-corrected chi connectivity index (χ3v) is 5.94. The van der Waals surface area contributed by atoms with Gasteiger partial charge < -0.3 is 14.2 Å². The molecule has 3 rings (SSSR count). The Morgan fingerprint density at radius 1 is 0.909 bits per heavy atom. The number of benzene rings is 3. The normalized spacial score (nSPS) is 10.8. The van der Waals surface area contributed by atoms with Crippen molar-refractivity contribution in [1.82, 2.24) is 0 Å². The van der Waals surface area contributed by atoms with E-state index in [1.807, 2.05) is 6.92 Å².